The van der Waals surface area contributed by atoms with Gasteiger partial charge in [-0.25, -0.2) is 4.79 Å². The van der Waals surface area contributed by atoms with E-state index in [4.69, 9.17) is 8.85 Å². The number of esters is 1. The zero-order valence-corrected chi connectivity index (χ0v) is 8.86. The van der Waals surface area contributed by atoms with Crippen molar-refractivity contribution in [2.45, 2.75) is 13.8 Å². The molecule has 0 saturated carbocycles. The quantitative estimate of drug-likeness (QED) is 0.727. The van der Waals surface area contributed by atoms with E-state index in [2.05, 4.69) is 4.98 Å². The molecule has 2 aromatic rings. The van der Waals surface area contributed by atoms with Crippen LogP contribution in [0.4, 0.5) is 0 Å². The van der Waals surface area contributed by atoms with Crippen LogP contribution in [-0.4, -0.2) is 17.6 Å². The van der Waals surface area contributed by atoms with Gasteiger partial charge in [0.25, 0.3) is 0 Å². The molecule has 3 nitrogen and oxygen atoms in total. The van der Waals surface area contributed by atoms with Gasteiger partial charge in [-0.15, -0.1) is 0 Å². The van der Waals surface area contributed by atoms with Crippen LogP contribution >= 0.6 is 0 Å². The first-order chi connectivity index (χ1) is 8.91. The lowest BCUT2D eigenvalue weighted by Crippen LogP contribution is -2.04. The Morgan fingerprint density at radius 3 is 3.12 bits per heavy atom. The van der Waals surface area contributed by atoms with Gasteiger partial charge < -0.3 is 4.74 Å². The second-order valence-electron chi connectivity index (χ2n) is 3.35. The molecule has 0 saturated heterocycles. The number of hydrogen-bond donors (Lipinski definition) is 0. The number of fused-ring (bicyclic) bond motifs is 1. The second kappa shape index (κ2) is 4.31. The molecule has 16 heavy (non-hydrogen) atoms. The SMILES string of the molecule is [2H]C([2H])([2H])c1cnc2ccc(C(=O)OCC)cc2c1. The molecule has 82 valence electrons. The van der Waals surface area contributed by atoms with E-state index in [1.165, 1.54) is 12.3 Å². The molecule has 0 atom stereocenters. The molecule has 0 radical (unpaired) electrons. The van der Waals surface area contributed by atoms with Gasteiger partial charge in [-0.05, 0) is 43.6 Å². The summed E-state index contributed by atoms with van der Waals surface area (Å²) in [7, 11) is 0. The van der Waals surface area contributed by atoms with E-state index in [-0.39, 0.29) is 5.56 Å². The van der Waals surface area contributed by atoms with E-state index in [1.807, 2.05) is 0 Å². The standard InChI is InChI=1S/C13H13NO2/c1-3-16-13(15)10-4-5-12-11(7-10)6-9(2)8-14-12/h4-8H,3H2,1-2H3/i2D3. The van der Waals surface area contributed by atoms with E-state index in [0.717, 1.165) is 0 Å². The third kappa shape index (κ3) is 2.03. The molecule has 0 N–H and O–H groups in total. The number of nitrogens with zero attached hydrogens (tertiary/aromatic N) is 1. The summed E-state index contributed by atoms with van der Waals surface area (Å²) in [5.41, 5.74) is 1.18. The number of carbonyl (C=O) groups excluding carboxylic acids is 1. The van der Waals surface area contributed by atoms with Crippen LogP contribution in [0.5, 0.6) is 0 Å². The van der Waals surface area contributed by atoms with Gasteiger partial charge in [0.05, 0.1) is 17.7 Å². The first kappa shape index (κ1) is 7.39. The Labute approximate surface area is 98.3 Å². The van der Waals surface area contributed by atoms with E-state index in [0.29, 0.717) is 23.1 Å². The van der Waals surface area contributed by atoms with Crippen molar-refractivity contribution in [3.05, 3.63) is 41.6 Å². The first-order valence-corrected chi connectivity index (χ1v) is 4.99. The molecule has 1 heterocycles. The van der Waals surface area contributed by atoms with Gasteiger partial charge in [0.15, 0.2) is 0 Å². The van der Waals surface area contributed by atoms with Crippen LogP contribution in [0.15, 0.2) is 30.5 Å². The summed E-state index contributed by atoms with van der Waals surface area (Å²) in [6.07, 6.45) is 1.33. The van der Waals surface area contributed by atoms with Crippen LogP contribution in [0.2, 0.25) is 0 Å². The van der Waals surface area contributed by atoms with Crippen LogP contribution in [0.1, 0.15) is 27.0 Å². The number of pyridine rings is 1. The maximum Gasteiger partial charge on any atom is 0.338 e. The fraction of sp³-hybridized carbons (Fsp3) is 0.231. The lowest BCUT2D eigenvalue weighted by molar-refractivity contribution is 0.0526. The molecule has 0 aliphatic rings. The average molecular weight is 218 g/mol. The summed E-state index contributed by atoms with van der Waals surface area (Å²) in [5.74, 6) is -0.427. The van der Waals surface area contributed by atoms with E-state index < -0.39 is 12.8 Å². The molecule has 1 aromatic carbocycles. The summed E-state index contributed by atoms with van der Waals surface area (Å²) in [6, 6.07) is 6.40. The van der Waals surface area contributed by atoms with Crippen molar-refractivity contribution in [1.82, 2.24) is 4.98 Å². The van der Waals surface area contributed by atoms with Crippen LogP contribution < -0.4 is 0 Å². The van der Waals surface area contributed by atoms with Crippen LogP contribution in [0.25, 0.3) is 10.9 Å². The van der Waals surface area contributed by atoms with Crippen molar-refractivity contribution in [3.63, 3.8) is 0 Å². The molecule has 0 unspecified atom stereocenters. The maximum atomic E-state index is 11.6. The normalized spacial score (nSPS) is 13.9. The molecule has 0 bridgehead atoms. The van der Waals surface area contributed by atoms with E-state index in [9.17, 15) is 4.79 Å². The highest BCUT2D eigenvalue weighted by Gasteiger charge is 2.07. The lowest BCUT2D eigenvalue weighted by atomic mass is 10.1. The van der Waals surface area contributed by atoms with Gasteiger partial charge in [-0.1, -0.05) is 0 Å². The van der Waals surface area contributed by atoms with Crippen molar-refractivity contribution in [2.75, 3.05) is 6.61 Å². The molecule has 2 rings (SSSR count). The third-order valence-corrected chi connectivity index (χ3v) is 2.19. The van der Waals surface area contributed by atoms with Crippen LogP contribution in [0.3, 0.4) is 0 Å². The number of rotatable bonds is 2. The minimum Gasteiger partial charge on any atom is -0.462 e. The van der Waals surface area contributed by atoms with Crippen LogP contribution in [0, 0.1) is 6.85 Å². The molecular formula is C13H13NO2. The Hall–Kier alpha value is -1.90. The molecule has 0 spiro atoms. The fourth-order valence-corrected chi connectivity index (χ4v) is 1.47. The first-order valence-electron chi connectivity index (χ1n) is 6.49. The van der Waals surface area contributed by atoms with Gasteiger partial charge in [0.1, 0.15) is 0 Å². The molecule has 0 amide bonds. The average Bonchev–Trinajstić information content (AvgIpc) is 2.36. The molecule has 0 aliphatic heterocycles. The summed E-state index contributed by atoms with van der Waals surface area (Å²) in [6.45, 7) is -0.182. The summed E-state index contributed by atoms with van der Waals surface area (Å²) >= 11 is 0. The Balaban J connectivity index is 2.48. The number of carbonyl (C=O) groups is 1. The molecule has 1 aromatic heterocycles. The second-order valence-corrected chi connectivity index (χ2v) is 3.35. The number of ether oxygens (including phenoxy) is 1. The number of aryl methyl sites for hydroxylation is 1. The largest absolute Gasteiger partial charge is 0.462 e. The Bertz CT molecular complexity index is 623. The van der Waals surface area contributed by atoms with Gasteiger partial charge in [0.2, 0.25) is 0 Å². The zero-order chi connectivity index (χ0) is 14.0. The third-order valence-electron chi connectivity index (χ3n) is 2.19. The summed E-state index contributed by atoms with van der Waals surface area (Å²) in [5, 5.41) is 0.610. The Kier molecular flexibility index (Phi) is 1.99. The van der Waals surface area contributed by atoms with E-state index >= 15 is 0 Å². The van der Waals surface area contributed by atoms with Crippen molar-refractivity contribution in [1.29, 1.82) is 0 Å². The monoisotopic (exact) mass is 218 g/mol. The fourth-order valence-electron chi connectivity index (χ4n) is 1.47. The summed E-state index contributed by atoms with van der Waals surface area (Å²) in [4.78, 5) is 15.7. The number of benzene rings is 1. The number of hydrogen-bond acceptors (Lipinski definition) is 3. The molecule has 0 fully saturated rings. The highest BCUT2D eigenvalue weighted by atomic mass is 16.5. The zero-order valence-electron chi connectivity index (χ0n) is 11.9. The van der Waals surface area contributed by atoms with Crippen molar-refractivity contribution in [2.24, 2.45) is 0 Å². The molecule has 0 aliphatic carbocycles. The summed E-state index contributed by atoms with van der Waals surface area (Å²) < 4.78 is 27.0. The smallest absolute Gasteiger partial charge is 0.338 e. The minimum absolute atomic E-state index is 0.154. The van der Waals surface area contributed by atoms with Gasteiger partial charge in [0, 0.05) is 15.7 Å². The Morgan fingerprint density at radius 1 is 1.50 bits per heavy atom. The van der Waals surface area contributed by atoms with Crippen molar-refractivity contribution < 1.29 is 13.6 Å². The minimum atomic E-state index is -2.21. The van der Waals surface area contributed by atoms with Crippen LogP contribution in [-0.2, 0) is 4.74 Å². The topological polar surface area (TPSA) is 39.2 Å². The predicted octanol–water partition coefficient (Wildman–Crippen LogP) is 2.72. The number of aromatic nitrogens is 1. The molecule has 3 heteroatoms. The molecular weight excluding hydrogens is 202 g/mol. The van der Waals surface area contributed by atoms with E-state index in [1.54, 1.807) is 25.1 Å². The van der Waals surface area contributed by atoms with Gasteiger partial charge in [-0.2, -0.15) is 0 Å². The highest BCUT2D eigenvalue weighted by Crippen LogP contribution is 2.15. The maximum absolute atomic E-state index is 11.6. The Morgan fingerprint density at radius 2 is 2.38 bits per heavy atom. The predicted molar refractivity (Wildman–Crippen MR) is 62.4 cm³/mol. The lowest BCUT2D eigenvalue weighted by Gasteiger charge is -2.03. The van der Waals surface area contributed by atoms with Gasteiger partial charge >= 0.3 is 5.97 Å². The van der Waals surface area contributed by atoms with Crippen molar-refractivity contribution >= 4 is 16.9 Å². The van der Waals surface area contributed by atoms with Gasteiger partial charge in [-0.3, -0.25) is 4.98 Å². The highest BCUT2D eigenvalue weighted by molar-refractivity contribution is 5.94. The van der Waals surface area contributed by atoms with Crippen molar-refractivity contribution in [3.8, 4) is 0 Å².